The maximum Gasteiger partial charge on any atom is 0.302 e. The summed E-state index contributed by atoms with van der Waals surface area (Å²) in [7, 11) is 0. The smallest absolute Gasteiger partial charge is 0.302 e. The summed E-state index contributed by atoms with van der Waals surface area (Å²) in [5.41, 5.74) is 0.700. The van der Waals surface area contributed by atoms with Gasteiger partial charge < -0.3 is 14.0 Å². The molecule has 1 unspecified atom stereocenters. The zero-order valence-electron chi connectivity index (χ0n) is 9.38. The maximum atomic E-state index is 10.5. The summed E-state index contributed by atoms with van der Waals surface area (Å²) in [6.07, 6.45) is 0. The van der Waals surface area contributed by atoms with Crippen molar-refractivity contribution in [2.24, 2.45) is 0 Å². The minimum Gasteiger partial charge on any atom is -0.772 e. The highest BCUT2D eigenvalue weighted by atomic mass is 32.2. The second kappa shape index (κ2) is 7.03. The Morgan fingerprint density at radius 3 is 2.47 bits per heavy atom. The molecule has 0 aliphatic rings. The van der Waals surface area contributed by atoms with Crippen LogP contribution >= 0.6 is 0 Å². The van der Waals surface area contributed by atoms with Gasteiger partial charge in [-0.3, -0.25) is 9.00 Å². The van der Waals surface area contributed by atoms with Crippen molar-refractivity contribution < 1.29 is 23.0 Å². The van der Waals surface area contributed by atoms with Crippen LogP contribution in [-0.4, -0.2) is 27.9 Å². The lowest BCUT2D eigenvalue weighted by Gasteiger charge is -2.08. The molecule has 0 amide bonds. The molecule has 0 bridgehead atoms. The van der Waals surface area contributed by atoms with Crippen molar-refractivity contribution in [3.05, 3.63) is 29.8 Å². The van der Waals surface area contributed by atoms with E-state index in [0.29, 0.717) is 11.3 Å². The van der Waals surface area contributed by atoms with Crippen LogP contribution in [0.1, 0.15) is 12.5 Å². The van der Waals surface area contributed by atoms with Gasteiger partial charge in [0.05, 0.1) is 0 Å². The van der Waals surface area contributed by atoms with E-state index in [4.69, 9.17) is 9.47 Å². The highest BCUT2D eigenvalue weighted by Crippen LogP contribution is 2.12. The van der Waals surface area contributed by atoms with Crippen LogP contribution in [0.15, 0.2) is 24.3 Å². The standard InChI is InChI=1S/C11H14O5S/c1-9(12)15-6-7-16-11-4-2-10(3-5-11)8-17(13)14/h2-5H,6-8H2,1H3,(H,13,14)/p-1. The van der Waals surface area contributed by atoms with E-state index in [9.17, 15) is 13.6 Å². The Morgan fingerprint density at radius 1 is 1.29 bits per heavy atom. The van der Waals surface area contributed by atoms with Gasteiger partial charge in [0.25, 0.3) is 0 Å². The van der Waals surface area contributed by atoms with E-state index in [0.717, 1.165) is 0 Å². The van der Waals surface area contributed by atoms with Crippen LogP contribution in [0.4, 0.5) is 0 Å². The first-order chi connectivity index (χ1) is 8.08. The predicted octanol–water partition coefficient (Wildman–Crippen LogP) is 1.01. The first kappa shape index (κ1) is 13.7. The lowest BCUT2D eigenvalue weighted by molar-refractivity contribution is -0.141. The molecule has 17 heavy (non-hydrogen) atoms. The zero-order chi connectivity index (χ0) is 12.7. The fourth-order valence-corrected chi connectivity index (χ4v) is 1.63. The van der Waals surface area contributed by atoms with Gasteiger partial charge in [0.1, 0.15) is 19.0 Å². The maximum absolute atomic E-state index is 10.5. The minimum absolute atomic E-state index is 0.00622. The molecule has 0 aromatic heterocycles. The largest absolute Gasteiger partial charge is 0.772 e. The van der Waals surface area contributed by atoms with Crippen molar-refractivity contribution in [1.82, 2.24) is 0 Å². The summed E-state index contributed by atoms with van der Waals surface area (Å²) in [5, 5.41) is 0. The minimum atomic E-state index is -2.08. The summed E-state index contributed by atoms with van der Waals surface area (Å²) >= 11 is -2.08. The molecule has 0 saturated heterocycles. The number of esters is 1. The van der Waals surface area contributed by atoms with Crippen LogP contribution in [0.5, 0.6) is 5.75 Å². The number of ether oxygens (including phenoxy) is 2. The highest BCUT2D eigenvalue weighted by molar-refractivity contribution is 7.78. The summed E-state index contributed by atoms with van der Waals surface area (Å²) in [4.78, 5) is 10.5. The average Bonchev–Trinajstić information content (AvgIpc) is 2.25. The molecule has 1 rings (SSSR count). The topological polar surface area (TPSA) is 75.7 Å². The molecule has 6 heteroatoms. The van der Waals surface area contributed by atoms with Crippen molar-refractivity contribution in [3.8, 4) is 5.75 Å². The van der Waals surface area contributed by atoms with Crippen LogP contribution in [0.3, 0.4) is 0 Å². The molecule has 0 fully saturated rings. The van der Waals surface area contributed by atoms with Crippen molar-refractivity contribution in [1.29, 1.82) is 0 Å². The van der Waals surface area contributed by atoms with E-state index >= 15 is 0 Å². The summed E-state index contributed by atoms with van der Waals surface area (Å²) < 4.78 is 30.9. The molecule has 0 aliphatic carbocycles. The van der Waals surface area contributed by atoms with Crippen LogP contribution in [0, 0.1) is 0 Å². The zero-order valence-corrected chi connectivity index (χ0v) is 10.2. The Hall–Kier alpha value is -1.40. The van der Waals surface area contributed by atoms with Gasteiger partial charge in [-0.2, -0.15) is 0 Å². The number of benzene rings is 1. The van der Waals surface area contributed by atoms with E-state index in [1.165, 1.54) is 6.92 Å². The van der Waals surface area contributed by atoms with Crippen LogP contribution in [0.2, 0.25) is 0 Å². The molecule has 1 atom stereocenters. The third kappa shape index (κ3) is 6.03. The molecular weight excluding hydrogens is 244 g/mol. The third-order valence-corrected chi connectivity index (χ3v) is 2.43. The molecule has 0 heterocycles. The quantitative estimate of drug-likeness (QED) is 0.432. The first-order valence-corrected chi connectivity index (χ1v) is 6.23. The molecule has 0 saturated carbocycles. The monoisotopic (exact) mass is 257 g/mol. The molecule has 1 aromatic rings. The van der Waals surface area contributed by atoms with Crippen molar-refractivity contribution in [2.75, 3.05) is 13.2 Å². The van der Waals surface area contributed by atoms with E-state index in [2.05, 4.69) is 0 Å². The third-order valence-electron chi connectivity index (χ3n) is 1.87. The van der Waals surface area contributed by atoms with Crippen molar-refractivity contribution in [2.45, 2.75) is 12.7 Å². The Bertz CT molecular complexity index is 387. The van der Waals surface area contributed by atoms with E-state index in [1.807, 2.05) is 0 Å². The molecule has 5 nitrogen and oxygen atoms in total. The number of rotatable bonds is 6. The second-order valence-corrected chi connectivity index (χ2v) is 4.18. The van der Waals surface area contributed by atoms with Crippen molar-refractivity contribution >= 4 is 17.0 Å². The van der Waals surface area contributed by atoms with E-state index < -0.39 is 11.1 Å². The van der Waals surface area contributed by atoms with E-state index in [-0.39, 0.29) is 24.9 Å². The predicted molar refractivity (Wildman–Crippen MR) is 61.2 cm³/mol. The van der Waals surface area contributed by atoms with Gasteiger partial charge >= 0.3 is 5.97 Å². The summed E-state index contributed by atoms with van der Waals surface area (Å²) in [5.74, 6) is 0.257. The lowest BCUT2D eigenvalue weighted by Crippen LogP contribution is -2.09. The van der Waals surface area contributed by atoms with E-state index in [1.54, 1.807) is 24.3 Å². The molecular formula is C11H13O5S-. The van der Waals surface area contributed by atoms with Crippen molar-refractivity contribution in [3.63, 3.8) is 0 Å². The number of hydrogen-bond acceptors (Lipinski definition) is 5. The van der Waals surface area contributed by atoms with Gasteiger partial charge in [0.2, 0.25) is 0 Å². The SMILES string of the molecule is CC(=O)OCCOc1ccc(CS(=O)[O-])cc1. The molecule has 0 radical (unpaired) electrons. The van der Waals surface area contributed by atoms with Gasteiger partial charge in [-0.25, -0.2) is 0 Å². The molecule has 0 N–H and O–H groups in total. The number of hydrogen-bond donors (Lipinski definition) is 0. The Labute approximate surface area is 102 Å². The van der Waals surface area contributed by atoms with Gasteiger partial charge in [0.15, 0.2) is 0 Å². The fraction of sp³-hybridized carbons (Fsp3) is 0.364. The normalized spacial score (nSPS) is 11.9. The summed E-state index contributed by atoms with van der Waals surface area (Å²) in [6.45, 7) is 1.80. The second-order valence-electron chi connectivity index (χ2n) is 3.28. The highest BCUT2D eigenvalue weighted by Gasteiger charge is 1.97. The number of carbonyl (C=O) groups is 1. The average molecular weight is 257 g/mol. The molecule has 1 aromatic carbocycles. The molecule has 94 valence electrons. The van der Waals surface area contributed by atoms with Crippen LogP contribution < -0.4 is 4.74 Å². The van der Waals surface area contributed by atoms with Crippen LogP contribution in [0.25, 0.3) is 0 Å². The van der Waals surface area contributed by atoms with Crippen LogP contribution in [-0.2, 0) is 26.4 Å². The van der Waals surface area contributed by atoms with Gasteiger partial charge in [-0.05, 0) is 17.7 Å². The molecule has 0 spiro atoms. The molecule has 0 aliphatic heterocycles. The van der Waals surface area contributed by atoms with Gasteiger partial charge in [0, 0.05) is 12.7 Å². The fourth-order valence-electron chi connectivity index (χ4n) is 1.16. The lowest BCUT2D eigenvalue weighted by atomic mass is 10.2. The summed E-state index contributed by atoms with van der Waals surface area (Å²) in [6, 6.07) is 6.71. The Balaban J connectivity index is 2.35. The van der Waals surface area contributed by atoms with Gasteiger partial charge in [-0.1, -0.05) is 23.2 Å². The Morgan fingerprint density at radius 2 is 1.94 bits per heavy atom. The number of carbonyl (C=O) groups excluding carboxylic acids is 1. The van der Waals surface area contributed by atoms with Gasteiger partial charge in [-0.15, -0.1) is 0 Å². The Kier molecular flexibility index (Phi) is 5.65. The first-order valence-electron chi connectivity index (χ1n) is 4.99.